The van der Waals surface area contributed by atoms with Crippen LogP contribution in [0.5, 0.6) is 0 Å². The van der Waals surface area contributed by atoms with Crippen LogP contribution in [-0.2, 0) is 24.3 Å². The van der Waals surface area contributed by atoms with E-state index >= 15 is 0 Å². The summed E-state index contributed by atoms with van der Waals surface area (Å²) < 4.78 is 5.64. The summed E-state index contributed by atoms with van der Waals surface area (Å²) in [5.41, 5.74) is 3.60. The van der Waals surface area contributed by atoms with Crippen LogP contribution in [0.15, 0.2) is 53.2 Å². The molecule has 1 aromatic heterocycles. The monoisotopic (exact) mass is 425 g/mol. The van der Waals surface area contributed by atoms with Crippen molar-refractivity contribution in [1.29, 1.82) is 0 Å². The quantitative estimate of drug-likeness (QED) is 0.496. The number of ether oxygens (including phenoxy) is 1. The maximum absolute atomic E-state index is 10.3. The Morgan fingerprint density at radius 2 is 2.00 bits per heavy atom. The number of thiophene rings is 1. The molecule has 3 nitrogen and oxygen atoms in total. The van der Waals surface area contributed by atoms with Crippen LogP contribution in [0.1, 0.15) is 44.4 Å². The molecule has 1 aromatic carbocycles. The minimum atomic E-state index is -0.495. The SMILES string of the molecule is CCN(CC=CC#CC(C)(C)C)Cc1cccc(CC(O)COCc2ccsc2)c1. The lowest BCUT2D eigenvalue weighted by atomic mass is 9.98. The van der Waals surface area contributed by atoms with E-state index in [4.69, 9.17) is 4.74 Å². The molecule has 0 spiro atoms. The third kappa shape index (κ3) is 10.2. The van der Waals surface area contributed by atoms with Gasteiger partial charge in [-0.3, -0.25) is 4.90 Å². The number of aliphatic hydroxyl groups is 1. The average Bonchev–Trinajstić information content (AvgIpc) is 3.19. The van der Waals surface area contributed by atoms with Gasteiger partial charge >= 0.3 is 0 Å². The first-order chi connectivity index (χ1) is 14.4. The van der Waals surface area contributed by atoms with Gasteiger partial charge < -0.3 is 9.84 Å². The fraction of sp³-hybridized carbons (Fsp3) is 0.462. The lowest BCUT2D eigenvalue weighted by molar-refractivity contribution is 0.0290. The van der Waals surface area contributed by atoms with Crippen molar-refractivity contribution >= 4 is 11.3 Å². The minimum Gasteiger partial charge on any atom is -0.390 e. The highest BCUT2D eigenvalue weighted by molar-refractivity contribution is 7.07. The molecule has 30 heavy (non-hydrogen) atoms. The Kier molecular flexibility index (Phi) is 10.3. The van der Waals surface area contributed by atoms with E-state index in [0.717, 1.165) is 30.8 Å². The van der Waals surface area contributed by atoms with Crippen molar-refractivity contribution < 1.29 is 9.84 Å². The van der Waals surface area contributed by atoms with Gasteiger partial charge in [0.25, 0.3) is 0 Å². The number of rotatable bonds is 11. The molecule has 0 aliphatic rings. The van der Waals surface area contributed by atoms with Gasteiger partial charge in [-0.25, -0.2) is 0 Å². The number of likely N-dealkylation sites (N-methyl/N-ethyl adjacent to an activating group) is 1. The first-order valence-electron chi connectivity index (χ1n) is 10.6. The Morgan fingerprint density at radius 3 is 2.70 bits per heavy atom. The minimum absolute atomic E-state index is 0.0364. The molecule has 0 bridgehead atoms. The summed E-state index contributed by atoms with van der Waals surface area (Å²) in [5.74, 6) is 6.35. The second-order valence-corrected chi connectivity index (χ2v) is 9.35. The van der Waals surface area contributed by atoms with Crippen LogP contribution in [0, 0.1) is 17.3 Å². The summed E-state index contributed by atoms with van der Waals surface area (Å²) >= 11 is 1.66. The van der Waals surface area contributed by atoms with Crippen LogP contribution in [0.25, 0.3) is 0 Å². The molecular weight excluding hydrogens is 390 g/mol. The zero-order valence-corrected chi connectivity index (χ0v) is 19.5. The van der Waals surface area contributed by atoms with E-state index in [9.17, 15) is 5.11 Å². The highest BCUT2D eigenvalue weighted by atomic mass is 32.1. The third-order valence-electron chi connectivity index (χ3n) is 4.49. The summed E-state index contributed by atoms with van der Waals surface area (Å²) in [7, 11) is 0. The normalized spacial score (nSPS) is 12.9. The van der Waals surface area contributed by atoms with Crippen molar-refractivity contribution in [3.05, 3.63) is 69.9 Å². The van der Waals surface area contributed by atoms with E-state index in [1.165, 1.54) is 5.56 Å². The van der Waals surface area contributed by atoms with Gasteiger partial charge in [0.05, 0.1) is 19.3 Å². The number of hydrogen-bond donors (Lipinski definition) is 1. The molecule has 1 heterocycles. The van der Waals surface area contributed by atoms with Gasteiger partial charge in [0.1, 0.15) is 0 Å². The lowest BCUT2D eigenvalue weighted by Crippen LogP contribution is -2.23. The van der Waals surface area contributed by atoms with Crippen LogP contribution >= 0.6 is 11.3 Å². The second kappa shape index (κ2) is 12.7. The smallest absolute Gasteiger partial charge is 0.0814 e. The van der Waals surface area contributed by atoms with E-state index in [1.807, 2.05) is 17.5 Å². The highest BCUT2D eigenvalue weighted by Gasteiger charge is 2.08. The van der Waals surface area contributed by atoms with Crippen LogP contribution in [-0.4, -0.2) is 35.8 Å². The number of benzene rings is 1. The molecule has 0 aliphatic heterocycles. The third-order valence-corrected chi connectivity index (χ3v) is 5.22. The van der Waals surface area contributed by atoms with Crippen molar-refractivity contribution in [3.8, 4) is 11.8 Å². The average molecular weight is 426 g/mol. The first kappa shape index (κ1) is 24.4. The summed E-state index contributed by atoms with van der Waals surface area (Å²) in [6.07, 6.45) is 4.19. The Bertz CT molecular complexity index is 825. The number of aliphatic hydroxyl groups excluding tert-OH is 1. The van der Waals surface area contributed by atoms with Crippen LogP contribution < -0.4 is 0 Å². The largest absolute Gasteiger partial charge is 0.390 e. The molecule has 2 aromatic rings. The summed E-state index contributed by atoms with van der Waals surface area (Å²) in [6, 6.07) is 10.5. The van der Waals surface area contributed by atoms with Gasteiger partial charge in [-0.15, -0.1) is 0 Å². The van der Waals surface area contributed by atoms with Crippen LogP contribution in [0.3, 0.4) is 0 Å². The van der Waals surface area contributed by atoms with Gasteiger partial charge in [-0.1, -0.05) is 49.1 Å². The van der Waals surface area contributed by atoms with Crippen LogP contribution in [0.2, 0.25) is 0 Å². The predicted octanol–water partition coefficient (Wildman–Crippen LogP) is 5.30. The van der Waals surface area contributed by atoms with E-state index in [2.05, 4.69) is 80.2 Å². The number of hydrogen-bond acceptors (Lipinski definition) is 4. The van der Waals surface area contributed by atoms with Crippen molar-refractivity contribution in [3.63, 3.8) is 0 Å². The van der Waals surface area contributed by atoms with Gasteiger partial charge in [0.2, 0.25) is 0 Å². The predicted molar refractivity (Wildman–Crippen MR) is 127 cm³/mol. The molecule has 0 amide bonds. The van der Waals surface area contributed by atoms with Crippen molar-refractivity contribution in [2.45, 2.75) is 53.4 Å². The summed E-state index contributed by atoms with van der Waals surface area (Å²) in [4.78, 5) is 2.37. The zero-order chi connectivity index (χ0) is 21.8. The van der Waals surface area contributed by atoms with Crippen molar-refractivity contribution in [1.82, 2.24) is 4.90 Å². The molecular formula is C26H35NO2S. The molecule has 2 rings (SSSR count). The van der Waals surface area contributed by atoms with Gasteiger partial charge in [-0.05, 0) is 66.9 Å². The van der Waals surface area contributed by atoms with Crippen molar-refractivity contribution in [2.24, 2.45) is 5.41 Å². The zero-order valence-electron chi connectivity index (χ0n) is 18.7. The molecule has 0 aliphatic carbocycles. The van der Waals surface area contributed by atoms with Gasteiger partial charge in [0, 0.05) is 24.9 Å². The Morgan fingerprint density at radius 1 is 1.20 bits per heavy atom. The number of nitrogens with zero attached hydrogens (tertiary/aromatic N) is 1. The Balaban J connectivity index is 1.81. The molecule has 1 N–H and O–H groups in total. The van der Waals surface area contributed by atoms with Gasteiger partial charge in [-0.2, -0.15) is 11.3 Å². The highest BCUT2D eigenvalue weighted by Crippen LogP contribution is 2.12. The van der Waals surface area contributed by atoms with Gasteiger partial charge in [0.15, 0.2) is 0 Å². The topological polar surface area (TPSA) is 32.7 Å². The molecule has 162 valence electrons. The summed E-state index contributed by atoms with van der Waals surface area (Å²) in [6.45, 7) is 12.2. The molecule has 1 atom stereocenters. The van der Waals surface area contributed by atoms with E-state index in [0.29, 0.717) is 19.6 Å². The number of allylic oxidation sites excluding steroid dienone is 1. The van der Waals surface area contributed by atoms with Crippen molar-refractivity contribution in [2.75, 3.05) is 19.7 Å². The Labute approximate surface area is 186 Å². The fourth-order valence-corrected chi connectivity index (χ4v) is 3.61. The lowest BCUT2D eigenvalue weighted by Gasteiger charge is -2.19. The Hall–Kier alpha value is -1.90. The van der Waals surface area contributed by atoms with E-state index < -0.39 is 6.10 Å². The standard InChI is InChI=1S/C26H35NO2S/c1-5-27(14-8-6-7-13-26(2,3)4)18-23-11-9-10-22(16-23)17-25(28)20-29-19-24-12-15-30-21-24/h6,8-12,15-16,21,25,28H,5,14,17-20H2,1-4H3. The van der Waals surface area contributed by atoms with E-state index in [-0.39, 0.29) is 5.41 Å². The molecule has 0 radical (unpaired) electrons. The summed E-state index contributed by atoms with van der Waals surface area (Å²) in [5, 5.41) is 14.4. The molecule has 4 heteroatoms. The maximum Gasteiger partial charge on any atom is 0.0814 e. The molecule has 1 unspecified atom stereocenters. The van der Waals surface area contributed by atoms with E-state index in [1.54, 1.807) is 11.3 Å². The second-order valence-electron chi connectivity index (χ2n) is 8.57. The molecule has 0 saturated carbocycles. The maximum atomic E-state index is 10.3. The molecule has 0 fully saturated rings. The fourth-order valence-electron chi connectivity index (χ4n) is 2.96. The van der Waals surface area contributed by atoms with Crippen LogP contribution in [0.4, 0.5) is 0 Å². The molecule has 0 saturated heterocycles. The first-order valence-corrected chi connectivity index (χ1v) is 11.5.